The van der Waals surface area contributed by atoms with Crippen LogP contribution in [-0.4, -0.2) is 37.0 Å². The molecule has 2 heterocycles. The molecular weight excluding hydrogens is 396 g/mol. The number of nitrogens with two attached hydrogens (primary N) is 2. The Morgan fingerprint density at radius 2 is 2.10 bits per heavy atom. The third-order valence-electron chi connectivity index (χ3n) is 5.28. The summed E-state index contributed by atoms with van der Waals surface area (Å²) in [6, 6.07) is 7.84. The lowest BCUT2D eigenvalue weighted by Gasteiger charge is -2.32. The Hall–Kier alpha value is -2.66. The van der Waals surface area contributed by atoms with Crippen LogP contribution in [0.25, 0.3) is 0 Å². The van der Waals surface area contributed by atoms with Crippen LogP contribution in [0, 0.1) is 17.7 Å². The maximum atomic E-state index is 14.8. The molecule has 0 spiro atoms. The predicted molar refractivity (Wildman–Crippen MR) is 112 cm³/mol. The van der Waals surface area contributed by atoms with E-state index in [9.17, 15) is 8.78 Å². The molecule has 0 bridgehead atoms. The molecule has 0 aliphatic carbocycles. The molecular formula is C21H20ClF2N5. The Morgan fingerprint density at radius 1 is 1.31 bits per heavy atom. The van der Waals surface area contributed by atoms with Gasteiger partial charge in [-0.15, -0.1) is 0 Å². The minimum atomic E-state index is -1.56. The summed E-state index contributed by atoms with van der Waals surface area (Å²) in [5, 5.41) is 2.93. The van der Waals surface area contributed by atoms with Crippen molar-refractivity contribution in [3.63, 3.8) is 0 Å². The Balaban J connectivity index is 1.77. The van der Waals surface area contributed by atoms with E-state index < -0.39 is 17.1 Å². The van der Waals surface area contributed by atoms with E-state index in [0.717, 1.165) is 0 Å². The molecule has 8 heteroatoms. The van der Waals surface area contributed by atoms with Gasteiger partial charge in [0.05, 0.1) is 11.4 Å². The van der Waals surface area contributed by atoms with Crippen molar-refractivity contribution in [1.82, 2.24) is 4.90 Å². The average Bonchev–Trinajstić information content (AvgIpc) is 3.02. The highest BCUT2D eigenvalue weighted by Gasteiger charge is 2.37. The quantitative estimate of drug-likeness (QED) is 0.494. The van der Waals surface area contributed by atoms with Gasteiger partial charge in [-0.3, -0.25) is 5.73 Å². The predicted octanol–water partition coefficient (Wildman–Crippen LogP) is 3.07. The maximum absolute atomic E-state index is 14.8. The fourth-order valence-electron chi connectivity index (χ4n) is 3.68. The third kappa shape index (κ3) is 3.44. The normalized spacial score (nSPS) is 25.8. The van der Waals surface area contributed by atoms with Gasteiger partial charge in [-0.25, -0.2) is 13.8 Å². The number of anilines is 2. The number of nitrogen functional groups attached to an aromatic ring is 1. The zero-order chi connectivity index (χ0) is 20.8. The number of aliphatic imine (C=N–C) groups is 1. The molecule has 1 fully saturated rings. The number of rotatable bonds is 1. The van der Waals surface area contributed by atoms with Gasteiger partial charge in [0, 0.05) is 47.6 Å². The van der Waals surface area contributed by atoms with Crippen molar-refractivity contribution in [2.75, 3.05) is 31.2 Å². The first-order valence-corrected chi connectivity index (χ1v) is 9.48. The molecule has 2 aliphatic heterocycles. The molecule has 5 N–H and O–H groups in total. The Kier molecular flexibility index (Phi) is 4.74. The number of halogens is 3. The van der Waals surface area contributed by atoms with Crippen molar-refractivity contribution in [2.45, 2.75) is 17.8 Å². The lowest BCUT2D eigenvalue weighted by atomic mass is 9.88. The molecule has 5 nitrogen and oxygen atoms in total. The minimum Gasteiger partial charge on any atom is -0.398 e. The van der Waals surface area contributed by atoms with Crippen molar-refractivity contribution >= 4 is 29.3 Å². The van der Waals surface area contributed by atoms with E-state index in [1.54, 1.807) is 18.2 Å². The van der Waals surface area contributed by atoms with Crippen LogP contribution in [0.15, 0.2) is 35.3 Å². The fourth-order valence-corrected chi connectivity index (χ4v) is 3.86. The van der Waals surface area contributed by atoms with Gasteiger partial charge in [-0.05, 0) is 25.2 Å². The van der Waals surface area contributed by atoms with E-state index >= 15 is 0 Å². The number of fused-ring (bicyclic) bond motifs is 1. The molecule has 2 aromatic rings. The number of hydrogen-bond donors (Lipinski definition) is 3. The van der Waals surface area contributed by atoms with Crippen LogP contribution in [0.2, 0.25) is 5.02 Å². The van der Waals surface area contributed by atoms with Gasteiger partial charge < -0.3 is 16.0 Å². The molecule has 4 rings (SSSR count). The van der Waals surface area contributed by atoms with Crippen molar-refractivity contribution in [2.24, 2.45) is 10.7 Å². The maximum Gasteiger partial charge on any atom is 0.184 e. The molecule has 150 valence electrons. The summed E-state index contributed by atoms with van der Waals surface area (Å²) in [5.41, 5.74) is 11.5. The van der Waals surface area contributed by atoms with Crippen LogP contribution < -0.4 is 16.8 Å². The monoisotopic (exact) mass is 415 g/mol. The molecule has 2 aliphatic rings. The van der Waals surface area contributed by atoms with Gasteiger partial charge in [-0.1, -0.05) is 35.6 Å². The first-order valence-electron chi connectivity index (χ1n) is 9.10. The Bertz CT molecular complexity index is 1080. The summed E-state index contributed by atoms with van der Waals surface area (Å²) in [7, 11) is 1.86. The lowest BCUT2D eigenvalue weighted by Crippen LogP contribution is -2.40. The molecule has 29 heavy (non-hydrogen) atoms. The number of nitrogens with one attached hydrogen (secondary N) is 1. The molecule has 2 aromatic carbocycles. The number of benzene rings is 2. The second-order valence-corrected chi connectivity index (χ2v) is 7.87. The zero-order valence-corrected chi connectivity index (χ0v) is 16.5. The van der Waals surface area contributed by atoms with Gasteiger partial charge in [-0.2, -0.15) is 0 Å². The molecule has 1 saturated heterocycles. The van der Waals surface area contributed by atoms with Gasteiger partial charge in [0.1, 0.15) is 5.82 Å². The summed E-state index contributed by atoms with van der Waals surface area (Å²) < 4.78 is 29.4. The van der Waals surface area contributed by atoms with E-state index in [2.05, 4.69) is 22.2 Å². The van der Waals surface area contributed by atoms with E-state index in [-0.39, 0.29) is 17.1 Å². The molecule has 2 unspecified atom stereocenters. The lowest BCUT2D eigenvalue weighted by molar-refractivity contribution is 0.246. The number of likely N-dealkylation sites (tertiary alicyclic amines) is 1. The summed E-state index contributed by atoms with van der Waals surface area (Å²) in [6.45, 7) is 0.916. The molecule has 2 atom stereocenters. The highest BCUT2D eigenvalue weighted by atomic mass is 35.5. The van der Waals surface area contributed by atoms with Crippen LogP contribution >= 0.6 is 11.6 Å². The standard InChI is InChI=1S/C21H20ClF2N5/c1-29-8-7-20(24,11-29)6-5-13-9-18-15(10-17(13)25)21(26,28-12-27-18)14-3-2-4-16(22)19(14)23/h2-4,9-10,12H,7-8,11,25-26H2,1H3,(H,27,28). The van der Waals surface area contributed by atoms with E-state index in [0.29, 0.717) is 35.5 Å². The second kappa shape index (κ2) is 6.99. The first kappa shape index (κ1) is 19.6. The van der Waals surface area contributed by atoms with Gasteiger partial charge >= 0.3 is 0 Å². The zero-order valence-electron chi connectivity index (χ0n) is 15.8. The molecule has 0 radical (unpaired) electrons. The first-order chi connectivity index (χ1) is 13.7. The van der Waals surface area contributed by atoms with Gasteiger partial charge in [0.2, 0.25) is 0 Å². The SMILES string of the molecule is CN1CCC(F)(C#Cc2cc3c(cc2N)C(N)(c2cccc(Cl)c2F)N=CN3)C1. The van der Waals surface area contributed by atoms with Crippen LogP contribution in [0.1, 0.15) is 23.1 Å². The average molecular weight is 416 g/mol. The number of alkyl halides is 1. The largest absolute Gasteiger partial charge is 0.398 e. The minimum absolute atomic E-state index is 0.0483. The van der Waals surface area contributed by atoms with E-state index in [1.165, 1.54) is 18.5 Å². The van der Waals surface area contributed by atoms with Crippen LogP contribution in [-0.2, 0) is 5.66 Å². The molecule has 0 aromatic heterocycles. The van der Waals surface area contributed by atoms with Crippen molar-refractivity contribution in [3.8, 4) is 11.8 Å². The number of hydrogen-bond acceptors (Lipinski definition) is 5. The van der Waals surface area contributed by atoms with Crippen LogP contribution in [0.3, 0.4) is 0 Å². The fraction of sp³-hybridized carbons (Fsp3) is 0.286. The Labute approximate surface area is 172 Å². The Morgan fingerprint density at radius 3 is 2.83 bits per heavy atom. The smallest absolute Gasteiger partial charge is 0.184 e. The highest BCUT2D eigenvalue weighted by Crippen LogP contribution is 2.40. The van der Waals surface area contributed by atoms with Crippen LogP contribution in [0.4, 0.5) is 20.2 Å². The molecule has 0 amide bonds. The van der Waals surface area contributed by atoms with Crippen LogP contribution in [0.5, 0.6) is 0 Å². The van der Waals surface area contributed by atoms with Crippen molar-refractivity contribution in [1.29, 1.82) is 0 Å². The summed E-state index contributed by atoms with van der Waals surface area (Å²) in [4.78, 5) is 6.15. The summed E-state index contributed by atoms with van der Waals surface area (Å²) in [5.74, 6) is 4.92. The number of nitrogens with zero attached hydrogens (tertiary/aromatic N) is 2. The van der Waals surface area contributed by atoms with E-state index in [4.69, 9.17) is 23.1 Å². The summed E-state index contributed by atoms with van der Waals surface area (Å²) in [6.07, 6.45) is 1.74. The van der Waals surface area contributed by atoms with Crippen molar-refractivity contribution in [3.05, 3.63) is 57.9 Å². The van der Waals surface area contributed by atoms with E-state index in [1.807, 2.05) is 11.9 Å². The van der Waals surface area contributed by atoms with Gasteiger partial charge in [0.25, 0.3) is 0 Å². The topological polar surface area (TPSA) is 79.7 Å². The second-order valence-electron chi connectivity index (χ2n) is 7.46. The molecule has 0 saturated carbocycles. The van der Waals surface area contributed by atoms with Crippen molar-refractivity contribution < 1.29 is 8.78 Å². The van der Waals surface area contributed by atoms with Gasteiger partial charge in [0.15, 0.2) is 11.3 Å². The summed E-state index contributed by atoms with van der Waals surface area (Å²) >= 11 is 5.93. The highest BCUT2D eigenvalue weighted by molar-refractivity contribution is 6.30. The third-order valence-corrected chi connectivity index (χ3v) is 5.57.